The Kier molecular flexibility index (Phi) is 6.60. The Bertz CT molecular complexity index is 818. The van der Waals surface area contributed by atoms with Gasteiger partial charge in [0.15, 0.2) is 0 Å². The minimum Gasteiger partial charge on any atom is -0.369 e. The van der Waals surface area contributed by atoms with Crippen LogP contribution in [0.4, 0.5) is 11.4 Å². The first kappa shape index (κ1) is 19.8. The zero-order chi connectivity index (χ0) is 19.9. The maximum atomic E-state index is 12.3. The summed E-state index contributed by atoms with van der Waals surface area (Å²) < 4.78 is 0. The standard InChI is InChI=1S/C21H26N4O3/c1-17-7-5-10-19(20(17)25(27)28)21(26)22-11-6-12-23-13-15-24(16-14-23)18-8-3-2-4-9-18/h2-5,7-10H,6,11-16H2,1H3,(H,22,26). The van der Waals surface area contributed by atoms with Crippen molar-refractivity contribution in [2.24, 2.45) is 0 Å². The van der Waals surface area contributed by atoms with E-state index < -0.39 is 4.92 Å². The van der Waals surface area contributed by atoms with Gasteiger partial charge in [0.25, 0.3) is 11.6 Å². The summed E-state index contributed by atoms with van der Waals surface area (Å²) in [5.41, 5.74) is 1.77. The van der Waals surface area contributed by atoms with Crippen LogP contribution in [0.25, 0.3) is 0 Å². The van der Waals surface area contributed by atoms with Crippen LogP contribution in [-0.4, -0.2) is 55.0 Å². The number of hydrogen-bond donors (Lipinski definition) is 1. The van der Waals surface area contributed by atoms with Crippen molar-refractivity contribution in [3.05, 3.63) is 69.8 Å². The number of benzene rings is 2. The minimum atomic E-state index is -0.490. The number of hydrogen-bond acceptors (Lipinski definition) is 5. The van der Waals surface area contributed by atoms with Gasteiger partial charge in [-0.3, -0.25) is 19.8 Å². The normalized spacial score (nSPS) is 14.7. The van der Waals surface area contributed by atoms with Crippen molar-refractivity contribution in [2.45, 2.75) is 13.3 Å². The van der Waals surface area contributed by atoms with Crippen molar-refractivity contribution in [3.63, 3.8) is 0 Å². The Hall–Kier alpha value is -2.93. The summed E-state index contributed by atoms with van der Waals surface area (Å²) in [6, 6.07) is 15.2. The first-order valence-corrected chi connectivity index (χ1v) is 9.61. The Balaban J connectivity index is 1.42. The van der Waals surface area contributed by atoms with Crippen molar-refractivity contribution < 1.29 is 9.72 Å². The van der Waals surface area contributed by atoms with Crippen LogP contribution in [0.3, 0.4) is 0 Å². The number of carbonyl (C=O) groups is 1. The molecule has 148 valence electrons. The molecular weight excluding hydrogens is 356 g/mol. The fourth-order valence-electron chi connectivity index (χ4n) is 3.55. The fraction of sp³-hybridized carbons (Fsp3) is 0.381. The van der Waals surface area contributed by atoms with E-state index in [1.165, 1.54) is 11.8 Å². The van der Waals surface area contributed by atoms with Gasteiger partial charge in [-0.15, -0.1) is 0 Å². The number of nitrogens with zero attached hydrogens (tertiary/aromatic N) is 3. The van der Waals surface area contributed by atoms with Crippen LogP contribution in [0.15, 0.2) is 48.5 Å². The molecule has 2 aromatic carbocycles. The molecule has 0 unspecified atom stereocenters. The number of piperazine rings is 1. The van der Waals surface area contributed by atoms with Gasteiger partial charge in [0, 0.05) is 44.0 Å². The highest BCUT2D eigenvalue weighted by molar-refractivity contribution is 5.98. The monoisotopic (exact) mass is 382 g/mol. The summed E-state index contributed by atoms with van der Waals surface area (Å²) in [5, 5.41) is 14.0. The number of amides is 1. The Morgan fingerprint density at radius 1 is 1.07 bits per heavy atom. The molecule has 0 atom stereocenters. The average Bonchev–Trinajstić information content (AvgIpc) is 2.71. The molecule has 1 fully saturated rings. The lowest BCUT2D eigenvalue weighted by Crippen LogP contribution is -2.47. The van der Waals surface area contributed by atoms with E-state index in [2.05, 4.69) is 39.4 Å². The third kappa shape index (κ3) is 4.86. The van der Waals surface area contributed by atoms with Gasteiger partial charge in [-0.1, -0.05) is 30.3 Å². The van der Waals surface area contributed by atoms with E-state index >= 15 is 0 Å². The van der Waals surface area contributed by atoms with E-state index in [1.54, 1.807) is 19.1 Å². The van der Waals surface area contributed by atoms with E-state index in [1.807, 2.05) is 6.07 Å². The smallest absolute Gasteiger partial charge is 0.285 e. The highest BCUT2D eigenvalue weighted by Gasteiger charge is 2.22. The van der Waals surface area contributed by atoms with Crippen LogP contribution in [-0.2, 0) is 0 Å². The molecule has 2 aromatic rings. The van der Waals surface area contributed by atoms with Crippen molar-refractivity contribution in [1.82, 2.24) is 10.2 Å². The molecule has 1 saturated heterocycles. The largest absolute Gasteiger partial charge is 0.369 e. The molecule has 7 nitrogen and oxygen atoms in total. The molecule has 1 heterocycles. The van der Waals surface area contributed by atoms with Crippen LogP contribution in [0.5, 0.6) is 0 Å². The molecule has 0 aromatic heterocycles. The number of carbonyl (C=O) groups excluding carboxylic acids is 1. The Morgan fingerprint density at radius 3 is 2.46 bits per heavy atom. The zero-order valence-corrected chi connectivity index (χ0v) is 16.1. The molecular formula is C21H26N4O3. The molecule has 1 aliphatic heterocycles. The summed E-state index contributed by atoms with van der Waals surface area (Å²) in [5.74, 6) is -0.385. The van der Waals surface area contributed by atoms with Gasteiger partial charge >= 0.3 is 0 Å². The highest BCUT2D eigenvalue weighted by Crippen LogP contribution is 2.22. The lowest BCUT2D eigenvalue weighted by atomic mass is 10.1. The van der Waals surface area contributed by atoms with Crippen LogP contribution in [0.1, 0.15) is 22.3 Å². The first-order valence-electron chi connectivity index (χ1n) is 9.61. The summed E-state index contributed by atoms with van der Waals surface area (Å²) in [7, 11) is 0. The van der Waals surface area contributed by atoms with E-state index in [-0.39, 0.29) is 17.2 Å². The molecule has 1 N–H and O–H groups in total. The van der Waals surface area contributed by atoms with Gasteiger partial charge in [-0.05, 0) is 38.1 Å². The predicted octanol–water partition coefficient (Wildman–Crippen LogP) is 2.85. The number of rotatable bonds is 7. The number of para-hydroxylation sites is 2. The van der Waals surface area contributed by atoms with Gasteiger partial charge < -0.3 is 10.2 Å². The van der Waals surface area contributed by atoms with Gasteiger partial charge in [0.1, 0.15) is 5.56 Å². The molecule has 1 aliphatic rings. The summed E-state index contributed by atoms with van der Waals surface area (Å²) in [6.45, 7) is 7.02. The lowest BCUT2D eigenvalue weighted by molar-refractivity contribution is -0.385. The first-order chi connectivity index (χ1) is 13.6. The molecule has 0 spiro atoms. The second-order valence-corrected chi connectivity index (χ2v) is 7.00. The van der Waals surface area contributed by atoms with Gasteiger partial charge in [-0.2, -0.15) is 0 Å². The topological polar surface area (TPSA) is 78.7 Å². The van der Waals surface area contributed by atoms with Gasteiger partial charge in [0.2, 0.25) is 0 Å². The highest BCUT2D eigenvalue weighted by atomic mass is 16.6. The SMILES string of the molecule is Cc1cccc(C(=O)NCCCN2CCN(c3ccccc3)CC2)c1[N+](=O)[O-]. The second kappa shape index (κ2) is 9.32. The molecule has 3 rings (SSSR count). The van der Waals surface area contributed by atoms with Crippen molar-refractivity contribution in [2.75, 3.05) is 44.2 Å². The number of nitro groups is 1. The molecule has 0 radical (unpaired) electrons. The van der Waals surface area contributed by atoms with Crippen LogP contribution in [0, 0.1) is 17.0 Å². The third-order valence-electron chi connectivity index (χ3n) is 5.10. The molecule has 0 bridgehead atoms. The van der Waals surface area contributed by atoms with Crippen molar-refractivity contribution >= 4 is 17.3 Å². The Morgan fingerprint density at radius 2 is 1.79 bits per heavy atom. The lowest BCUT2D eigenvalue weighted by Gasteiger charge is -2.36. The zero-order valence-electron chi connectivity index (χ0n) is 16.1. The molecule has 0 aliphatic carbocycles. The molecule has 7 heteroatoms. The number of nitro benzene ring substituents is 1. The number of aryl methyl sites for hydroxylation is 1. The average molecular weight is 382 g/mol. The summed E-state index contributed by atoms with van der Waals surface area (Å²) in [4.78, 5) is 27.8. The number of anilines is 1. The van der Waals surface area contributed by atoms with Gasteiger partial charge in [0.05, 0.1) is 4.92 Å². The second-order valence-electron chi connectivity index (χ2n) is 7.00. The summed E-state index contributed by atoms with van der Waals surface area (Å²) >= 11 is 0. The van der Waals surface area contributed by atoms with Crippen LogP contribution < -0.4 is 10.2 Å². The third-order valence-corrected chi connectivity index (χ3v) is 5.10. The van der Waals surface area contributed by atoms with E-state index in [0.717, 1.165) is 39.1 Å². The quantitative estimate of drug-likeness (QED) is 0.453. The minimum absolute atomic E-state index is 0.114. The fourth-order valence-corrected chi connectivity index (χ4v) is 3.55. The molecule has 0 saturated carbocycles. The Labute approximate surface area is 165 Å². The molecule has 1 amide bonds. The van der Waals surface area contributed by atoms with Crippen LogP contribution >= 0.6 is 0 Å². The number of nitrogens with one attached hydrogen (secondary N) is 1. The van der Waals surface area contributed by atoms with Gasteiger partial charge in [-0.25, -0.2) is 0 Å². The van der Waals surface area contributed by atoms with E-state index in [9.17, 15) is 14.9 Å². The summed E-state index contributed by atoms with van der Waals surface area (Å²) in [6.07, 6.45) is 0.816. The molecule has 28 heavy (non-hydrogen) atoms. The van der Waals surface area contributed by atoms with Crippen molar-refractivity contribution in [3.8, 4) is 0 Å². The maximum Gasteiger partial charge on any atom is 0.285 e. The van der Waals surface area contributed by atoms with Crippen molar-refractivity contribution in [1.29, 1.82) is 0 Å². The van der Waals surface area contributed by atoms with E-state index in [0.29, 0.717) is 12.1 Å². The van der Waals surface area contributed by atoms with Crippen LogP contribution in [0.2, 0.25) is 0 Å². The van der Waals surface area contributed by atoms with E-state index in [4.69, 9.17) is 0 Å². The maximum absolute atomic E-state index is 12.3. The predicted molar refractivity (Wildman–Crippen MR) is 110 cm³/mol.